The Morgan fingerprint density at radius 1 is 1.19 bits per heavy atom. The predicted molar refractivity (Wildman–Crippen MR) is 121 cm³/mol. The number of hydrogen-bond acceptors (Lipinski definition) is 9. The first kappa shape index (κ1) is 23.7. The second-order valence-corrected chi connectivity index (χ2v) is 7.79. The van der Waals surface area contributed by atoms with Crippen LogP contribution >= 0.6 is 0 Å². The number of aliphatic imine (C=N–C) groups is 2. The molecule has 174 valence electrons. The quantitative estimate of drug-likeness (QED) is 0.363. The molecular weight excluding hydrogens is 412 g/mol. The second-order valence-electron chi connectivity index (χ2n) is 7.79. The van der Waals surface area contributed by atoms with Gasteiger partial charge in [-0.05, 0) is 43.6 Å². The maximum atomic E-state index is 12.3. The van der Waals surface area contributed by atoms with Crippen molar-refractivity contribution in [3.05, 3.63) is 35.4 Å². The molecule has 2 unspecified atom stereocenters. The fraction of sp³-hybridized carbons (Fsp3) is 0.545. The summed E-state index contributed by atoms with van der Waals surface area (Å²) in [6, 6.07) is 6.92. The highest BCUT2D eigenvalue weighted by Crippen LogP contribution is 2.17. The number of benzene rings is 1. The Kier molecular flexibility index (Phi) is 8.57. The summed E-state index contributed by atoms with van der Waals surface area (Å²) in [4.78, 5) is 36.5. The van der Waals surface area contributed by atoms with Crippen molar-refractivity contribution in [1.29, 1.82) is 0 Å². The van der Waals surface area contributed by atoms with Crippen LogP contribution in [0.1, 0.15) is 42.6 Å². The van der Waals surface area contributed by atoms with Crippen molar-refractivity contribution in [1.82, 2.24) is 15.1 Å². The highest BCUT2D eigenvalue weighted by Gasteiger charge is 2.39. The average molecular weight is 445 g/mol. The van der Waals surface area contributed by atoms with Crippen LogP contribution in [0.15, 0.2) is 34.3 Å². The molecule has 10 nitrogen and oxygen atoms in total. The van der Waals surface area contributed by atoms with Crippen molar-refractivity contribution in [3.8, 4) is 0 Å². The molecule has 1 aromatic rings. The number of rotatable bonds is 12. The lowest BCUT2D eigenvalue weighted by Crippen LogP contribution is -2.54. The van der Waals surface area contributed by atoms with Gasteiger partial charge in [0.1, 0.15) is 13.3 Å². The van der Waals surface area contributed by atoms with E-state index in [1.54, 1.807) is 17.0 Å². The number of fused-ring (bicyclic) bond motifs is 1. The van der Waals surface area contributed by atoms with E-state index in [1.165, 1.54) is 11.9 Å². The standard InChI is InChI=1S/C22H32N6O4/c1-3-9-27(10-4-2)13-16-5-7-17(8-6-16)21(30)32-12-11-31-15-28-14-24-18-19(28)25-22(23)26-20(18)29/h5-8,14,18-19H,3-4,9-13,15H2,1-2H3,(H3,23,25,26,29). The van der Waals surface area contributed by atoms with Crippen LogP contribution in [-0.2, 0) is 20.8 Å². The first-order valence-electron chi connectivity index (χ1n) is 11.0. The van der Waals surface area contributed by atoms with Crippen LogP contribution in [0.4, 0.5) is 0 Å². The summed E-state index contributed by atoms with van der Waals surface area (Å²) in [7, 11) is 0. The normalized spacial score (nSPS) is 19.7. The van der Waals surface area contributed by atoms with Crippen LogP contribution in [0, 0.1) is 0 Å². The fourth-order valence-electron chi connectivity index (χ4n) is 3.67. The molecule has 10 heteroatoms. The number of carbonyl (C=O) groups excluding carboxylic acids is 2. The molecule has 1 aromatic carbocycles. The molecule has 0 spiro atoms. The Labute approximate surface area is 188 Å². The van der Waals surface area contributed by atoms with Crippen LogP contribution in [0.25, 0.3) is 0 Å². The number of carbonyl (C=O) groups is 2. The molecule has 2 aliphatic heterocycles. The lowest BCUT2D eigenvalue weighted by atomic mass is 10.1. The van der Waals surface area contributed by atoms with Gasteiger partial charge in [-0.2, -0.15) is 0 Å². The lowest BCUT2D eigenvalue weighted by Gasteiger charge is -2.27. The largest absolute Gasteiger partial charge is 0.460 e. The van der Waals surface area contributed by atoms with Crippen molar-refractivity contribution in [2.24, 2.45) is 15.7 Å². The molecular formula is C22H32N6O4. The first-order chi connectivity index (χ1) is 15.5. The molecule has 2 heterocycles. The van der Waals surface area contributed by atoms with Crippen molar-refractivity contribution < 1.29 is 19.1 Å². The lowest BCUT2D eigenvalue weighted by molar-refractivity contribution is -0.122. The van der Waals surface area contributed by atoms with E-state index in [0.717, 1.165) is 32.5 Å². The van der Waals surface area contributed by atoms with Gasteiger partial charge in [-0.3, -0.25) is 20.0 Å². The van der Waals surface area contributed by atoms with E-state index in [1.807, 2.05) is 12.1 Å². The van der Waals surface area contributed by atoms with Crippen molar-refractivity contribution in [3.63, 3.8) is 0 Å². The summed E-state index contributed by atoms with van der Waals surface area (Å²) in [5.41, 5.74) is 7.29. The van der Waals surface area contributed by atoms with Gasteiger partial charge >= 0.3 is 5.97 Å². The molecule has 2 atom stereocenters. The number of amides is 1. The minimum atomic E-state index is -0.622. The summed E-state index contributed by atoms with van der Waals surface area (Å²) < 4.78 is 10.8. The van der Waals surface area contributed by atoms with Crippen LogP contribution < -0.4 is 11.1 Å². The Balaban J connectivity index is 1.37. The minimum Gasteiger partial charge on any atom is -0.460 e. The van der Waals surface area contributed by atoms with E-state index in [9.17, 15) is 9.59 Å². The number of nitrogens with zero attached hydrogens (tertiary/aromatic N) is 4. The smallest absolute Gasteiger partial charge is 0.338 e. The zero-order valence-electron chi connectivity index (χ0n) is 18.7. The van der Waals surface area contributed by atoms with Gasteiger partial charge in [-0.15, -0.1) is 0 Å². The van der Waals surface area contributed by atoms with Crippen molar-refractivity contribution in [2.45, 2.75) is 45.4 Å². The van der Waals surface area contributed by atoms with Gasteiger partial charge in [-0.25, -0.2) is 9.79 Å². The molecule has 0 aliphatic carbocycles. The highest BCUT2D eigenvalue weighted by molar-refractivity contribution is 6.02. The van der Waals surface area contributed by atoms with Gasteiger partial charge < -0.3 is 20.1 Å². The van der Waals surface area contributed by atoms with E-state index in [4.69, 9.17) is 15.2 Å². The summed E-state index contributed by atoms with van der Waals surface area (Å²) in [6.45, 7) is 7.85. The molecule has 0 bridgehead atoms. The molecule has 32 heavy (non-hydrogen) atoms. The van der Waals surface area contributed by atoms with E-state index >= 15 is 0 Å². The highest BCUT2D eigenvalue weighted by atomic mass is 16.6. The van der Waals surface area contributed by atoms with Crippen molar-refractivity contribution in [2.75, 3.05) is 33.0 Å². The number of nitrogens with two attached hydrogens (primary N) is 1. The Hall–Kier alpha value is -2.98. The number of guanidine groups is 1. The van der Waals surface area contributed by atoms with Gasteiger partial charge in [0.15, 0.2) is 18.2 Å². The summed E-state index contributed by atoms with van der Waals surface area (Å²) in [5, 5.41) is 2.45. The topological polar surface area (TPSA) is 122 Å². The van der Waals surface area contributed by atoms with Gasteiger partial charge in [-0.1, -0.05) is 26.0 Å². The minimum absolute atomic E-state index is 0.0649. The van der Waals surface area contributed by atoms with Crippen LogP contribution in [0.2, 0.25) is 0 Å². The Morgan fingerprint density at radius 2 is 1.91 bits per heavy atom. The number of hydrogen-bond donors (Lipinski definition) is 2. The predicted octanol–water partition coefficient (Wildman–Crippen LogP) is 0.923. The summed E-state index contributed by atoms with van der Waals surface area (Å²) in [6.07, 6.45) is 3.26. The molecule has 0 radical (unpaired) electrons. The molecule has 3 rings (SSSR count). The summed E-state index contributed by atoms with van der Waals surface area (Å²) >= 11 is 0. The van der Waals surface area contributed by atoms with Gasteiger partial charge in [0.2, 0.25) is 0 Å². The van der Waals surface area contributed by atoms with Crippen LogP contribution in [-0.4, -0.2) is 79.2 Å². The summed E-state index contributed by atoms with van der Waals surface area (Å²) in [5.74, 6) is -0.608. The molecule has 1 amide bonds. The molecule has 0 fully saturated rings. The van der Waals surface area contributed by atoms with E-state index < -0.39 is 12.2 Å². The number of ether oxygens (including phenoxy) is 2. The SMILES string of the molecule is CCCN(CCC)Cc1ccc(C(=O)OCCOCN2C=NC3C(=O)NC(N)=NC32)cc1. The molecule has 3 N–H and O–H groups in total. The van der Waals surface area contributed by atoms with E-state index in [0.29, 0.717) is 5.56 Å². The molecule has 0 saturated carbocycles. The van der Waals surface area contributed by atoms with Gasteiger partial charge in [0.25, 0.3) is 5.91 Å². The number of nitrogens with one attached hydrogen (secondary N) is 1. The number of esters is 1. The monoisotopic (exact) mass is 444 g/mol. The molecule has 2 aliphatic rings. The fourth-order valence-corrected chi connectivity index (χ4v) is 3.67. The van der Waals surface area contributed by atoms with E-state index in [-0.39, 0.29) is 37.8 Å². The van der Waals surface area contributed by atoms with Gasteiger partial charge in [0.05, 0.1) is 18.5 Å². The van der Waals surface area contributed by atoms with Crippen LogP contribution in [0.3, 0.4) is 0 Å². The zero-order chi connectivity index (χ0) is 22.9. The molecule has 0 saturated heterocycles. The van der Waals surface area contributed by atoms with E-state index in [2.05, 4.69) is 34.0 Å². The average Bonchev–Trinajstić information content (AvgIpc) is 3.17. The maximum Gasteiger partial charge on any atom is 0.338 e. The third-order valence-corrected chi connectivity index (χ3v) is 5.17. The third-order valence-electron chi connectivity index (χ3n) is 5.17. The molecule has 0 aromatic heterocycles. The van der Waals surface area contributed by atoms with Crippen molar-refractivity contribution >= 4 is 24.2 Å². The van der Waals surface area contributed by atoms with Gasteiger partial charge in [0, 0.05) is 6.54 Å². The Morgan fingerprint density at radius 3 is 2.59 bits per heavy atom. The second kappa shape index (κ2) is 11.6. The van der Waals surface area contributed by atoms with Crippen LogP contribution in [0.5, 0.6) is 0 Å². The zero-order valence-corrected chi connectivity index (χ0v) is 18.7. The Bertz CT molecular complexity index is 835. The maximum absolute atomic E-state index is 12.3. The third kappa shape index (κ3) is 6.27. The first-order valence-corrected chi connectivity index (χ1v) is 11.0.